The van der Waals surface area contributed by atoms with E-state index >= 15 is 0 Å². The number of anilines is 1. The number of nitrogens with one attached hydrogen (secondary N) is 2. The van der Waals surface area contributed by atoms with Gasteiger partial charge in [-0.3, -0.25) is 0 Å². The first-order chi connectivity index (χ1) is 13.7. The number of rotatable bonds is 7. The summed E-state index contributed by atoms with van der Waals surface area (Å²) in [5, 5.41) is 13.8. The van der Waals surface area contributed by atoms with E-state index in [2.05, 4.69) is 15.0 Å². The number of aliphatic hydroxyl groups is 1. The van der Waals surface area contributed by atoms with Gasteiger partial charge in [0.1, 0.15) is 10.6 Å². The second-order valence-corrected chi connectivity index (χ2v) is 10.4. The van der Waals surface area contributed by atoms with E-state index in [1.54, 1.807) is 12.1 Å². The molecule has 0 saturated heterocycles. The Balaban J connectivity index is 1.92. The predicted molar refractivity (Wildman–Crippen MR) is 116 cm³/mol. The summed E-state index contributed by atoms with van der Waals surface area (Å²) < 4.78 is 34.3. The Hall–Kier alpha value is -1.68. The summed E-state index contributed by atoms with van der Waals surface area (Å²) in [6, 6.07) is 5.28. The maximum Gasteiger partial charge on any atom is 0.244 e. The van der Waals surface area contributed by atoms with Crippen LogP contribution in [0.5, 0.6) is 5.75 Å². The van der Waals surface area contributed by atoms with Crippen LogP contribution in [-0.2, 0) is 10.0 Å². The second kappa shape index (κ2) is 8.99. The molecule has 1 saturated carbocycles. The molecule has 1 aromatic carbocycles. The number of aromatic nitrogens is 1. The van der Waals surface area contributed by atoms with Gasteiger partial charge in [0.05, 0.1) is 23.8 Å². The first-order valence-electron chi connectivity index (χ1n) is 9.82. The number of methoxy groups -OCH3 is 1. The van der Waals surface area contributed by atoms with Crippen molar-refractivity contribution in [2.75, 3.05) is 12.4 Å². The Morgan fingerprint density at radius 3 is 2.55 bits per heavy atom. The van der Waals surface area contributed by atoms with Gasteiger partial charge in [0.15, 0.2) is 5.13 Å². The highest BCUT2D eigenvalue weighted by Gasteiger charge is 2.27. The number of thiazole rings is 1. The molecule has 1 aliphatic rings. The molecule has 0 atom stereocenters. The molecule has 29 heavy (non-hydrogen) atoms. The summed E-state index contributed by atoms with van der Waals surface area (Å²) in [5.41, 5.74) is 1.64. The van der Waals surface area contributed by atoms with Gasteiger partial charge < -0.3 is 15.2 Å². The van der Waals surface area contributed by atoms with Crippen LogP contribution in [0, 0.1) is 6.92 Å². The Kier molecular flexibility index (Phi) is 6.83. The quantitative estimate of drug-likeness (QED) is 0.610. The van der Waals surface area contributed by atoms with E-state index < -0.39 is 10.0 Å². The van der Waals surface area contributed by atoms with Crippen molar-refractivity contribution < 1.29 is 18.3 Å². The van der Waals surface area contributed by atoms with Crippen LogP contribution < -0.4 is 14.8 Å². The molecule has 1 aromatic heterocycles. The normalized spacial score (nSPS) is 20.1. The fourth-order valence-electron chi connectivity index (χ4n) is 3.48. The van der Waals surface area contributed by atoms with E-state index in [-0.39, 0.29) is 23.1 Å². The van der Waals surface area contributed by atoms with Crippen molar-refractivity contribution in [1.82, 2.24) is 9.71 Å². The van der Waals surface area contributed by atoms with Crippen molar-refractivity contribution in [1.29, 1.82) is 0 Å². The fraction of sp³-hybridized carbons (Fsp3) is 0.550. The molecule has 0 amide bonds. The molecule has 3 N–H and O–H groups in total. The molecule has 1 heterocycles. The molecular formula is C20H29N3O4S2. The van der Waals surface area contributed by atoms with Crippen LogP contribution in [0.2, 0.25) is 0 Å². The minimum absolute atomic E-state index is 0.120. The molecule has 0 radical (unpaired) electrons. The van der Waals surface area contributed by atoms with E-state index in [4.69, 9.17) is 4.74 Å². The average molecular weight is 440 g/mol. The fourth-order valence-corrected chi connectivity index (χ4v) is 6.09. The minimum atomic E-state index is -3.76. The molecule has 1 fully saturated rings. The van der Waals surface area contributed by atoms with Crippen LogP contribution in [0.3, 0.4) is 0 Å². The molecule has 0 bridgehead atoms. The third-order valence-electron chi connectivity index (χ3n) is 4.94. The first-order valence-corrected chi connectivity index (χ1v) is 12.1. The van der Waals surface area contributed by atoms with Crippen LogP contribution in [0.4, 0.5) is 5.13 Å². The van der Waals surface area contributed by atoms with Crippen LogP contribution in [0.15, 0.2) is 23.1 Å². The highest BCUT2D eigenvalue weighted by molar-refractivity contribution is 7.89. The van der Waals surface area contributed by atoms with E-state index in [1.807, 2.05) is 26.8 Å². The van der Waals surface area contributed by atoms with E-state index in [9.17, 15) is 13.5 Å². The molecule has 0 unspecified atom stereocenters. The number of aliphatic hydroxyl groups excluding tert-OH is 1. The Morgan fingerprint density at radius 1 is 1.24 bits per heavy atom. The number of ether oxygens (including phenoxy) is 1. The lowest BCUT2D eigenvalue weighted by Gasteiger charge is -2.26. The molecular weight excluding hydrogens is 410 g/mol. The number of aryl methyl sites for hydroxylation is 1. The highest BCUT2D eigenvalue weighted by Crippen LogP contribution is 2.37. The average Bonchev–Trinajstić information content (AvgIpc) is 3.02. The van der Waals surface area contributed by atoms with Crippen molar-refractivity contribution >= 4 is 26.5 Å². The predicted octanol–water partition coefficient (Wildman–Crippen LogP) is 3.53. The number of nitrogens with zero attached hydrogens (tertiary/aromatic N) is 1. The number of sulfonamides is 1. The third-order valence-corrected chi connectivity index (χ3v) is 7.62. The van der Waals surface area contributed by atoms with E-state index in [1.165, 1.54) is 18.4 Å². The second-order valence-electron chi connectivity index (χ2n) is 7.72. The largest absolute Gasteiger partial charge is 0.495 e. The Labute approximate surface area is 176 Å². The highest BCUT2D eigenvalue weighted by atomic mass is 32.2. The van der Waals surface area contributed by atoms with Crippen LogP contribution in [0.25, 0.3) is 10.4 Å². The molecule has 1 aliphatic carbocycles. The van der Waals surface area contributed by atoms with Gasteiger partial charge in [-0.05, 0) is 70.2 Å². The van der Waals surface area contributed by atoms with Crippen molar-refractivity contribution in [3.63, 3.8) is 0 Å². The lowest BCUT2D eigenvalue weighted by molar-refractivity contribution is 0.120. The number of benzene rings is 1. The smallest absolute Gasteiger partial charge is 0.244 e. The van der Waals surface area contributed by atoms with Crippen molar-refractivity contribution in [3.05, 3.63) is 23.9 Å². The number of hydrogen-bond donors (Lipinski definition) is 3. The zero-order chi connectivity index (χ0) is 21.2. The van der Waals surface area contributed by atoms with Crippen LogP contribution in [-0.4, -0.2) is 43.8 Å². The van der Waals surface area contributed by atoms with Gasteiger partial charge in [0.25, 0.3) is 0 Å². The summed E-state index contributed by atoms with van der Waals surface area (Å²) in [4.78, 5) is 5.59. The maximum atomic E-state index is 13.1. The Morgan fingerprint density at radius 2 is 1.93 bits per heavy atom. The number of hydrogen-bond acceptors (Lipinski definition) is 7. The molecule has 0 aliphatic heterocycles. The SMILES string of the molecule is COc1ccc(-c2sc(NC(C)C)nc2C)cc1S(=O)(=O)NC1CCC(O)CC1. The lowest BCUT2D eigenvalue weighted by Crippen LogP contribution is -2.38. The van der Waals surface area contributed by atoms with Gasteiger partial charge >= 0.3 is 0 Å². The van der Waals surface area contributed by atoms with Crippen LogP contribution in [0.1, 0.15) is 45.2 Å². The first kappa shape index (κ1) is 22.0. The van der Waals surface area contributed by atoms with Gasteiger partial charge in [0.2, 0.25) is 10.0 Å². The van der Waals surface area contributed by atoms with E-state index in [0.717, 1.165) is 21.3 Å². The van der Waals surface area contributed by atoms with Gasteiger partial charge in [-0.25, -0.2) is 18.1 Å². The van der Waals surface area contributed by atoms with Crippen molar-refractivity contribution in [2.24, 2.45) is 0 Å². The molecule has 0 spiro atoms. The standard InChI is InChI=1S/C20H29N3O4S2/c1-12(2)21-20-22-13(3)19(28-20)14-5-10-17(27-4)18(11-14)29(25,26)23-15-6-8-16(24)9-7-15/h5,10-12,15-16,23-24H,6-9H2,1-4H3,(H,21,22). The van der Waals surface area contributed by atoms with E-state index in [0.29, 0.717) is 31.4 Å². The molecule has 9 heteroatoms. The minimum Gasteiger partial charge on any atom is -0.495 e. The zero-order valence-corrected chi connectivity index (χ0v) is 18.9. The van der Waals surface area contributed by atoms with Gasteiger partial charge in [-0.2, -0.15) is 0 Å². The van der Waals surface area contributed by atoms with Crippen molar-refractivity contribution in [2.45, 2.75) is 69.5 Å². The summed E-state index contributed by atoms with van der Waals surface area (Å²) in [5.74, 6) is 0.305. The molecule has 160 valence electrons. The van der Waals surface area contributed by atoms with Crippen LogP contribution >= 0.6 is 11.3 Å². The summed E-state index contributed by atoms with van der Waals surface area (Å²) >= 11 is 1.50. The summed E-state index contributed by atoms with van der Waals surface area (Å²) in [6.45, 7) is 6.01. The lowest BCUT2D eigenvalue weighted by atomic mass is 9.94. The summed E-state index contributed by atoms with van der Waals surface area (Å²) in [7, 11) is -2.30. The third kappa shape index (κ3) is 5.28. The maximum absolute atomic E-state index is 13.1. The van der Waals surface area contributed by atoms with Gasteiger partial charge in [0, 0.05) is 12.1 Å². The van der Waals surface area contributed by atoms with Gasteiger partial charge in [-0.1, -0.05) is 11.3 Å². The Bertz CT molecular complexity index is 949. The summed E-state index contributed by atoms with van der Waals surface area (Å²) in [6.07, 6.45) is 2.13. The van der Waals surface area contributed by atoms with Gasteiger partial charge in [-0.15, -0.1) is 0 Å². The topological polar surface area (TPSA) is 101 Å². The molecule has 2 aromatic rings. The zero-order valence-electron chi connectivity index (χ0n) is 17.2. The molecule has 3 rings (SSSR count). The molecule has 7 nitrogen and oxygen atoms in total. The monoisotopic (exact) mass is 439 g/mol. The van der Waals surface area contributed by atoms with Crippen molar-refractivity contribution in [3.8, 4) is 16.2 Å².